The maximum absolute atomic E-state index is 11.3. The second-order valence-electron chi connectivity index (χ2n) is 7.23. The first kappa shape index (κ1) is 21.3. The largest absolute Gasteiger partial charge is 0.357 e. The van der Waals surface area contributed by atoms with Crippen molar-refractivity contribution in [2.75, 3.05) is 31.5 Å². The summed E-state index contributed by atoms with van der Waals surface area (Å²) in [6, 6.07) is 12.6. The van der Waals surface area contributed by atoms with Gasteiger partial charge < -0.3 is 16.0 Å². The minimum Gasteiger partial charge on any atom is -0.357 e. The number of carbonyl (C=O) groups excluding carboxylic acids is 1. The lowest BCUT2D eigenvalue weighted by molar-refractivity contribution is -0.114. The van der Waals surface area contributed by atoms with Crippen molar-refractivity contribution in [1.29, 1.82) is 0 Å². The Hall–Kier alpha value is -2.38. The molecule has 1 saturated heterocycles. The Labute approximate surface area is 177 Å². The van der Waals surface area contributed by atoms with E-state index in [0.29, 0.717) is 12.6 Å². The Morgan fingerprint density at radius 2 is 2.03 bits per heavy atom. The summed E-state index contributed by atoms with van der Waals surface area (Å²) in [6.07, 6.45) is 2.56. The predicted molar refractivity (Wildman–Crippen MR) is 121 cm³/mol. The van der Waals surface area contributed by atoms with E-state index in [1.807, 2.05) is 35.6 Å². The molecule has 1 aliphatic rings. The number of aliphatic imine (C=N–C) groups is 1. The Balaban J connectivity index is 1.64. The zero-order chi connectivity index (χ0) is 20.5. The molecular formula is C22H31N5OS. The van der Waals surface area contributed by atoms with Crippen molar-refractivity contribution in [2.24, 2.45) is 4.99 Å². The van der Waals surface area contributed by atoms with Crippen LogP contribution in [0.2, 0.25) is 0 Å². The molecule has 0 saturated carbocycles. The second-order valence-corrected chi connectivity index (χ2v) is 8.21. The summed E-state index contributed by atoms with van der Waals surface area (Å²) < 4.78 is 0. The second kappa shape index (κ2) is 11.0. The van der Waals surface area contributed by atoms with Crippen LogP contribution in [0.25, 0.3) is 0 Å². The Morgan fingerprint density at radius 3 is 2.72 bits per heavy atom. The molecule has 1 aromatic carbocycles. The van der Waals surface area contributed by atoms with Gasteiger partial charge >= 0.3 is 0 Å². The molecule has 1 aliphatic heterocycles. The Kier molecular flexibility index (Phi) is 8.07. The van der Waals surface area contributed by atoms with Gasteiger partial charge in [0.25, 0.3) is 0 Å². The van der Waals surface area contributed by atoms with Gasteiger partial charge in [-0.3, -0.25) is 9.69 Å². The number of guanidine groups is 1. The summed E-state index contributed by atoms with van der Waals surface area (Å²) >= 11 is 1.82. The molecule has 6 nitrogen and oxygen atoms in total. The summed E-state index contributed by atoms with van der Waals surface area (Å²) in [4.78, 5) is 20.0. The fourth-order valence-corrected chi connectivity index (χ4v) is 4.46. The average Bonchev–Trinajstić information content (AvgIpc) is 3.41. The highest BCUT2D eigenvalue weighted by molar-refractivity contribution is 7.10. The van der Waals surface area contributed by atoms with Crippen LogP contribution in [0.1, 0.15) is 43.2 Å². The van der Waals surface area contributed by atoms with Crippen LogP contribution in [0.5, 0.6) is 0 Å². The molecule has 156 valence electrons. The van der Waals surface area contributed by atoms with E-state index in [2.05, 4.69) is 45.3 Å². The van der Waals surface area contributed by atoms with Crippen molar-refractivity contribution in [3.63, 3.8) is 0 Å². The molecule has 1 fully saturated rings. The molecule has 1 unspecified atom stereocenters. The van der Waals surface area contributed by atoms with Crippen molar-refractivity contribution in [1.82, 2.24) is 15.5 Å². The average molecular weight is 414 g/mol. The van der Waals surface area contributed by atoms with Crippen molar-refractivity contribution < 1.29 is 4.79 Å². The summed E-state index contributed by atoms with van der Waals surface area (Å²) in [5.41, 5.74) is 1.86. The zero-order valence-electron chi connectivity index (χ0n) is 17.3. The normalized spacial score (nSPS) is 15.9. The first-order valence-electron chi connectivity index (χ1n) is 10.3. The minimum atomic E-state index is -0.0674. The van der Waals surface area contributed by atoms with Crippen LogP contribution in [-0.2, 0) is 11.3 Å². The van der Waals surface area contributed by atoms with Crippen LogP contribution in [0.3, 0.4) is 0 Å². The van der Waals surface area contributed by atoms with Crippen molar-refractivity contribution in [2.45, 2.75) is 39.3 Å². The summed E-state index contributed by atoms with van der Waals surface area (Å²) in [6.45, 7) is 8.11. The predicted octanol–water partition coefficient (Wildman–Crippen LogP) is 3.60. The number of likely N-dealkylation sites (tertiary alicyclic amines) is 1. The van der Waals surface area contributed by atoms with E-state index in [0.717, 1.165) is 43.4 Å². The molecule has 1 amide bonds. The highest BCUT2D eigenvalue weighted by Crippen LogP contribution is 2.27. The lowest BCUT2D eigenvalue weighted by Crippen LogP contribution is -2.42. The number of anilines is 1. The van der Waals surface area contributed by atoms with Gasteiger partial charge in [-0.2, -0.15) is 0 Å². The fourth-order valence-electron chi connectivity index (χ4n) is 3.60. The number of hydrogen-bond donors (Lipinski definition) is 3. The smallest absolute Gasteiger partial charge is 0.221 e. The van der Waals surface area contributed by atoms with E-state index in [1.54, 1.807) is 0 Å². The molecule has 0 bridgehead atoms. The van der Waals surface area contributed by atoms with Crippen LogP contribution in [0, 0.1) is 0 Å². The summed E-state index contributed by atoms with van der Waals surface area (Å²) in [7, 11) is 0. The molecule has 3 rings (SSSR count). The molecule has 2 heterocycles. The summed E-state index contributed by atoms with van der Waals surface area (Å²) in [5, 5.41) is 11.9. The van der Waals surface area contributed by atoms with E-state index >= 15 is 0 Å². The summed E-state index contributed by atoms with van der Waals surface area (Å²) in [5.74, 6) is 0.750. The maximum atomic E-state index is 11.3. The van der Waals surface area contributed by atoms with Crippen LogP contribution >= 0.6 is 11.3 Å². The first-order chi connectivity index (χ1) is 14.2. The van der Waals surface area contributed by atoms with Gasteiger partial charge in [-0.25, -0.2) is 4.99 Å². The van der Waals surface area contributed by atoms with Gasteiger partial charge in [-0.1, -0.05) is 18.2 Å². The van der Waals surface area contributed by atoms with Gasteiger partial charge in [-0.05, 0) is 62.0 Å². The lowest BCUT2D eigenvalue weighted by atomic mass is 10.2. The van der Waals surface area contributed by atoms with Crippen molar-refractivity contribution in [3.05, 3.63) is 52.2 Å². The molecule has 1 atom stereocenters. The third-order valence-electron chi connectivity index (χ3n) is 4.93. The monoisotopic (exact) mass is 413 g/mol. The standard InChI is InChI=1S/C22H31N5OS/c1-3-23-22(24-15-18-8-6-9-19(14-18)26-17(2)28)25-16-20(21-10-7-13-29-21)27-11-4-5-12-27/h6-10,13-14,20H,3-5,11-12,15-16H2,1-2H3,(H,26,28)(H2,23,24,25). The van der Waals surface area contributed by atoms with Crippen LogP contribution in [-0.4, -0.2) is 42.9 Å². The van der Waals surface area contributed by atoms with Crippen LogP contribution < -0.4 is 16.0 Å². The van der Waals surface area contributed by atoms with Gasteiger partial charge in [0.05, 0.1) is 12.6 Å². The van der Waals surface area contributed by atoms with Gasteiger partial charge in [0.15, 0.2) is 5.96 Å². The number of thiophene rings is 1. The van der Waals surface area contributed by atoms with Gasteiger partial charge in [0, 0.05) is 30.6 Å². The van der Waals surface area contributed by atoms with Crippen LogP contribution in [0.4, 0.5) is 5.69 Å². The number of benzene rings is 1. The third-order valence-corrected chi connectivity index (χ3v) is 5.90. The molecule has 7 heteroatoms. The molecule has 29 heavy (non-hydrogen) atoms. The molecule has 0 aliphatic carbocycles. The quantitative estimate of drug-likeness (QED) is 0.457. The first-order valence-corrected chi connectivity index (χ1v) is 11.2. The number of nitrogens with one attached hydrogen (secondary N) is 3. The van der Waals surface area contributed by atoms with E-state index in [-0.39, 0.29) is 5.91 Å². The van der Waals surface area contributed by atoms with Crippen molar-refractivity contribution >= 4 is 28.9 Å². The number of carbonyl (C=O) groups is 1. The number of nitrogens with zero attached hydrogens (tertiary/aromatic N) is 2. The highest BCUT2D eigenvalue weighted by atomic mass is 32.1. The molecule has 1 aromatic heterocycles. The number of amides is 1. The lowest BCUT2D eigenvalue weighted by Gasteiger charge is -2.27. The highest BCUT2D eigenvalue weighted by Gasteiger charge is 2.24. The Morgan fingerprint density at radius 1 is 1.21 bits per heavy atom. The van der Waals surface area contributed by atoms with Gasteiger partial charge in [-0.15, -0.1) is 11.3 Å². The van der Waals surface area contributed by atoms with Gasteiger partial charge in [0.2, 0.25) is 5.91 Å². The minimum absolute atomic E-state index is 0.0674. The fraction of sp³-hybridized carbons (Fsp3) is 0.455. The number of rotatable bonds is 8. The Bertz CT molecular complexity index is 799. The zero-order valence-corrected chi connectivity index (χ0v) is 18.1. The molecule has 0 radical (unpaired) electrons. The SMILES string of the molecule is CCNC(=NCc1cccc(NC(C)=O)c1)NCC(c1cccs1)N1CCCC1. The molecule has 0 spiro atoms. The maximum Gasteiger partial charge on any atom is 0.221 e. The van der Waals surface area contributed by atoms with E-state index in [4.69, 9.17) is 4.99 Å². The van der Waals surface area contributed by atoms with E-state index < -0.39 is 0 Å². The third kappa shape index (κ3) is 6.58. The molecule has 3 N–H and O–H groups in total. The molecule has 2 aromatic rings. The topological polar surface area (TPSA) is 68.8 Å². The van der Waals surface area contributed by atoms with E-state index in [9.17, 15) is 4.79 Å². The van der Waals surface area contributed by atoms with Crippen molar-refractivity contribution in [3.8, 4) is 0 Å². The van der Waals surface area contributed by atoms with E-state index in [1.165, 1.54) is 24.6 Å². The molecular weight excluding hydrogens is 382 g/mol. The van der Waals surface area contributed by atoms with Crippen LogP contribution in [0.15, 0.2) is 46.8 Å². The number of hydrogen-bond acceptors (Lipinski definition) is 4. The van der Waals surface area contributed by atoms with Gasteiger partial charge in [0.1, 0.15) is 0 Å².